The van der Waals surface area contributed by atoms with E-state index in [1.54, 1.807) is 12.3 Å². The Bertz CT molecular complexity index is 902. The highest BCUT2D eigenvalue weighted by Gasteiger charge is 2.17. The lowest BCUT2D eigenvalue weighted by atomic mass is 10.2. The fourth-order valence-corrected chi connectivity index (χ4v) is 2.99. The molecule has 5 nitrogen and oxygen atoms in total. The number of aromatic amines is 1. The van der Waals surface area contributed by atoms with E-state index >= 15 is 0 Å². The zero-order valence-electron chi connectivity index (χ0n) is 10.5. The van der Waals surface area contributed by atoms with Gasteiger partial charge in [-0.2, -0.15) is 5.10 Å². The van der Waals surface area contributed by atoms with Crippen molar-refractivity contribution in [3.63, 3.8) is 0 Å². The Morgan fingerprint density at radius 1 is 1.05 bits per heavy atom. The quantitative estimate of drug-likeness (QED) is 0.781. The number of halogens is 2. The maximum Gasteiger partial charge on any atom is 0.262 e. The van der Waals surface area contributed by atoms with Gasteiger partial charge in [-0.25, -0.2) is 17.2 Å². The predicted octanol–water partition coefficient (Wildman–Crippen LogP) is 2.64. The standard InChI is InChI=1S/C13H9F2N3O2S/c14-9-3-10(15)5-12(4-9)21(19,20)18-11-2-1-8-7-16-17-13(8)6-11/h1-7,18H,(H,16,17). The first-order valence-electron chi connectivity index (χ1n) is 5.86. The average molecular weight is 309 g/mol. The summed E-state index contributed by atoms with van der Waals surface area (Å²) < 4.78 is 52.7. The first kappa shape index (κ1) is 13.5. The molecule has 0 unspecified atom stereocenters. The molecular weight excluding hydrogens is 300 g/mol. The fourth-order valence-electron chi connectivity index (χ4n) is 1.90. The van der Waals surface area contributed by atoms with Crippen LogP contribution in [0.2, 0.25) is 0 Å². The van der Waals surface area contributed by atoms with Crippen molar-refractivity contribution in [2.24, 2.45) is 0 Å². The Labute approximate surface area is 118 Å². The van der Waals surface area contributed by atoms with E-state index in [1.165, 1.54) is 12.1 Å². The minimum absolute atomic E-state index is 0.261. The van der Waals surface area contributed by atoms with Gasteiger partial charge in [0.15, 0.2) is 0 Å². The molecule has 0 bridgehead atoms. The first-order valence-corrected chi connectivity index (χ1v) is 7.34. The van der Waals surface area contributed by atoms with Crippen LogP contribution in [0.5, 0.6) is 0 Å². The van der Waals surface area contributed by atoms with Gasteiger partial charge in [-0.3, -0.25) is 9.82 Å². The summed E-state index contributed by atoms with van der Waals surface area (Å²) >= 11 is 0. The zero-order valence-corrected chi connectivity index (χ0v) is 11.3. The van der Waals surface area contributed by atoms with Gasteiger partial charge in [0.2, 0.25) is 0 Å². The van der Waals surface area contributed by atoms with E-state index in [0.29, 0.717) is 11.6 Å². The topological polar surface area (TPSA) is 74.8 Å². The molecule has 0 spiro atoms. The summed E-state index contributed by atoms with van der Waals surface area (Å²) in [5, 5.41) is 7.33. The van der Waals surface area contributed by atoms with Crippen LogP contribution >= 0.6 is 0 Å². The lowest BCUT2D eigenvalue weighted by molar-refractivity contribution is 0.568. The fraction of sp³-hybridized carbons (Fsp3) is 0. The minimum Gasteiger partial charge on any atom is -0.280 e. The van der Waals surface area contributed by atoms with E-state index in [2.05, 4.69) is 14.9 Å². The molecule has 0 aliphatic heterocycles. The maximum atomic E-state index is 13.1. The van der Waals surface area contributed by atoms with Crippen molar-refractivity contribution in [1.29, 1.82) is 0 Å². The molecule has 0 atom stereocenters. The molecule has 0 amide bonds. The van der Waals surface area contributed by atoms with Crippen LogP contribution in [0.4, 0.5) is 14.5 Å². The summed E-state index contributed by atoms with van der Waals surface area (Å²) in [4.78, 5) is -0.482. The Morgan fingerprint density at radius 2 is 1.76 bits per heavy atom. The summed E-state index contributed by atoms with van der Waals surface area (Å²) in [6.07, 6.45) is 1.59. The van der Waals surface area contributed by atoms with Crippen molar-refractivity contribution < 1.29 is 17.2 Å². The molecule has 0 fully saturated rings. The molecule has 3 rings (SSSR count). The Morgan fingerprint density at radius 3 is 2.48 bits per heavy atom. The molecule has 2 N–H and O–H groups in total. The third kappa shape index (κ3) is 2.70. The highest BCUT2D eigenvalue weighted by molar-refractivity contribution is 7.92. The first-order chi connectivity index (χ1) is 9.94. The van der Waals surface area contributed by atoms with Gasteiger partial charge in [-0.05, 0) is 30.3 Å². The molecule has 1 aromatic heterocycles. The van der Waals surface area contributed by atoms with Gasteiger partial charge in [0, 0.05) is 11.5 Å². The van der Waals surface area contributed by atoms with Gasteiger partial charge < -0.3 is 0 Å². The second-order valence-electron chi connectivity index (χ2n) is 4.38. The highest BCUT2D eigenvalue weighted by atomic mass is 32.2. The number of hydrogen-bond acceptors (Lipinski definition) is 3. The monoisotopic (exact) mass is 309 g/mol. The van der Waals surface area contributed by atoms with Crippen molar-refractivity contribution in [3.05, 3.63) is 54.2 Å². The molecule has 0 radical (unpaired) electrons. The van der Waals surface area contributed by atoms with Gasteiger partial charge in [-0.15, -0.1) is 0 Å². The molecule has 1 heterocycles. The Kier molecular flexibility index (Phi) is 3.09. The van der Waals surface area contributed by atoms with Crippen LogP contribution in [0.1, 0.15) is 0 Å². The smallest absolute Gasteiger partial charge is 0.262 e. The molecule has 0 aliphatic rings. The normalized spacial score (nSPS) is 11.7. The third-order valence-electron chi connectivity index (χ3n) is 2.84. The van der Waals surface area contributed by atoms with Crippen molar-refractivity contribution in [3.8, 4) is 0 Å². The maximum absolute atomic E-state index is 13.1. The Hall–Kier alpha value is -2.48. The number of aromatic nitrogens is 2. The average Bonchev–Trinajstić information content (AvgIpc) is 2.84. The van der Waals surface area contributed by atoms with Crippen LogP contribution in [0, 0.1) is 11.6 Å². The molecule has 108 valence electrons. The second kappa shape index (κ2) is 4.81. The number of sulfonamides is 1. The van der Waals surface area contributed by atoms with E-state index in [-0.39, 0.29) is 5.69 Å². The van der Waals surface area contributed by atoms with Gasteiger partial charge in [0.25, 0.3) is 10.0 Å². The van der Waals surface area contributed by atoms with Gasteiger partial charge in [0.05, 0.1) is 22.3 Å². The number of rotatable bonds is 3. The summed E-state index contributed by atoms with van der Waals surface area (Å²) in [7, 11) is -4.07. The van der Waals surface area contributed by atoms with E-state index < -0.39 is 26.6 Å². The Balaban J connectivity index is 1.98. The number of H-pyrrole nitrogens is 1. The van der Waals surface area contributed by atoms with Crippen LogP contribution < -0.4 is 4.72 Å². The largest absolute Gasteiger partial charge is 0.280 e. The zero-order chi connectivity index (χ0) is 15.0. The molecular formula is C13H9F2N3O2S. The summed E-state index contributed by atoms with van der Waals surface area (Å²) in [6.45, 7) is 0. The lowest BCUT2D eigenvalue weighted by Gasteiger charge is -2.08. The van der Waals surface area contributed by atoms with Crippen molar-refractivity contribution in [1.82, 2.24) is 10.2 Å². The molecule has 0 saturated heterocycles. The van der Waals surface area contributed by atoms with Crippen LogP contribution in [0.3, 0.4) is 0 Å². The van der Waals surface area contributed by atoms with E-state index in [4.69, 9.17) is 0 Å². The highest BCUT2D eigenvalue weighted by Crippen LogP contribution is 2.21. The SMILES string of the molecule is O=S(=O)(Nc1ccc2cn[nH]c2c1)c1cc(F)cc(F)c1. The molecule has 0 aliphatic carbocycles. The second-order valence-corrected chi connectivity index (χ2v) is 6.07. The molecule has 8 heteroatoms. The predicted molar refractivity (Wildman–Crippen MR) is 73.3 cm³/mol. The van der Waals surface area contributed by atoms with Gasteiger partial charge >= 0.3 is 0 Å². The number of nitrogens with zero attached hydrogens (tertiary/aromatic N) is 1. The number of hydrogen-bond donors (Lipinski definition) is 2. The van der Waals surface area contributed by atoms with Crippen molar-refractivity contribution >= 4 is 26.6 Å². The summed E-state index contributed by atoms with van der Waals surface area (Å²) in [5.74, 6) is -1.92. The summed E-state index contributed by atoms with van der Waals surface area (Å²) in [6, 6.07) is 6.85. The number of benzene rings is 2. The lowest BCUT2D eigenvalue weighted by Crippen LogP contribution is -2.13. The number of fused-ring (bicyclic) bond motifs is 1. The molecule has 2 aromatic carbocycles. The third-order valence-corrected chi connectivity index (χ3v) is 4.20. The van der Waals surface area contributed by atoms with Crippen LogP contribution in [0.15, 0.2) is 47.5 Å². The van der Waals surface area contributed by atoms with Crippen LogP contribution in [0.25, 0.3) is 10.9 Å². The molecule has 0 saturated carbocycles. The molecule has 3 aromatic rings. The van der Waals surface area contributed by atoms with Gasteiger partial charge in [-0.1, -0.05) is 0 Å². The minimum atomic E-state index is -4.07. The molecule has 21 heavy (non-hydrogen) atoms. The van der Waals surface area contributed by atoms with Crippen LogP contribution in [-0.2, 0) is 10.0 Å². The van der Waals surface area contributed by atoms with Gasteiger partial charge in [0.1, 0.15) is 11.6 Å². The van der Waals surface area contributed by atoms with Crippen molar-refractivity contribution in [2.45, 2.75) is 4.90 Å². The van der Waals surface area contributed by atoms with E-state index in [0.717, 1.165) is 17.5 Å². The van der Waals surface area contributed by atoms with E-state index in [1.807, 2.05) is 0 Å². The number of anilines is 1. The van der Waals surface area contributed by atoms with Crippen LogP contribution in [-0.4, -0.2) is 18.6 Å². The summed E-state index contributed by atoms with van der Waals surface area (Å²) in [5.41, 5.74) is 0.900. The van der Waals surface area contributed by atoms with E-state index in [9.17, 15) is 17.2 Å². The van der Waals surface area contributed by atoms with Crippen molar-refractivity contribution in [2.75, 3.05) is 4.72 Å². The number of nitrogens with one attached hydrogen (secondary N) is 2.